The Hall–Kier alpha value is -2.76. The highest BCUT2D eigenvalue weighted by molar-refractivity contribution is 5.79. The van der Waals surface area contributed by atoms with E-state index in [1.807, 2.05) is 55.2 Å². The molecule has 110 valence electrons. The fourth-order valence-electron chi connectivity index (χ4n) is 1.25. The topological polar surface area (TPSA) is 66.4 Å². The molecule has 0 aliphatic carbocycles. The van der Waals surface area contributed by atoms with E-state index in [1.165, 1.54) is 0 Å². The summed E-state index contributed by atoms with van der Waals surface area (Å²) >= 11 is 0. The number of nitrogens with zero attached hydrogens (tertiary/aromatic N) is 5. The number of pyridine rings is 1. The number of nitrogens with one attached hydrogen (secondary N) is 1. The zero-order chi connectivity index (χ0) is 15.5. The number of allylic oxidation sites excluding steroid dienone is 3. The van der Waals surface area contributed by atoms with Crippen molar-refractivity contribution in [3.8, 4) is 0 Å². The van der Waals surface area contributed by atoms with Gasteiger partial charge in [0.1, 0.15) is 0 Å². The van der Waals surface area contributed by atoms with Gasteiger partial charge in [0.15, 0.2) is 11.3 Å². The van der Waals surface area contributed by atoms with Crippen LogP contribution in [0.15, 0.2) is 81.5 Å². The maximum atomic E-state index is 4.10. The highest BCUT2D eigenvalue weighted by Crippen LogP contribution is 1.97. The van der Waals surface area contributed by atoms with Crippen LogP contribution in [0.2, 0.25) is 0 Å². The van der Waals surface area contributed by atoms with Crippen LogP contribution >= 0.6 is 0 Å². The molecule has 0 amide bonds. The van der Waals surface area contributed by atoms with Crippen LogP contribution in [0.3, 0.4) is 0 Å². The number of hydrogen-bond acceptors (Lipinski definition) is 4. The van der Waals surface area contributed by atoms with Crippen LogP contribution in [0.4, 0.5) is 0 Å². The molecule has 0 bridgehead atoms. The van der Waals surface area contributed by atoms with Gasteiger partial charge in [0, 0.05) is 20.3 Å². The zero-order valence-electron chi connectivity index (χ0n) is 12.6. The van der Waals surface area contributed by atoms with Crippen molar-refractivity contribution in [3.63, 3.8) is 0 Å². The van der Waals surface area contributed by atoms with E-state index in [-0.39, 0.29) is 0 Å². The van der Waals surface area contributed by atoms with E-state index >= 15 is 0 Å². The molecule has 0 unspecified atom stereocenters. The van der Waals surface area contributed by atoms with Crippen molar-refractivity contribution in [2.45, 2.75) is 6.92 Å². The molecule has 0 aliphatic rings. The minimum atomic E-state index is 0.458. The second-order valence-corrected chi connectivity index (χ2v) is 4.12. The molecule has 0 spiro atoms. The summed E-state index contributed by atoms with van der Waals surface area (Å²) in [6.45, 7) is 5.50. The minimum Gasteiger partial charge on any atom is -0.394 e. The Balaban J connectivity index is 2.68. The first-order valence-electron chi connectivity index (χ1n) is 6.44. The van der Waals surface area contributed by atoms with Crippen molar-refractivity contribution in [1.29, 1.82) is 0 Å². The molecule has 6 nitrogen and oxygen atoms in total. The minimum absolute atomic E-state index is 0.458. The van der Waals surface area contributed by atoms with Crippen molar-refractivity contribution in [2.24, 2.45) is 27.5 Å². The number of azo groups is 1. The van der Waals surface area contributed by atoms with E-state index in [1.54, 1.807) is 19.2 Å². The quantitative estimate of drug-likeness (QED) is 0.292. The van der Waals surface area contributed by atoms with Crippen molar-refractivity contribution in [1.82, 2.24) is 9.88 Å². The maximum absolute atomic E-state index is 4.10. The number of rotatable bonds is 5. The predicted molar refractivity (Wildman–Crippen MR) is 85.4 cm³/mol. The van der Waals surface area contributed by atoms with Gasteiger partial charge >= 0.3 is 0 Å². The van der Waals surface area contributed by atoms with Gasteiger partial charge in [-0.15, -0.1) is 20.4 Å². The number of hydrogen-bond donors (Lipinski definition) is 1. The van der Waals surface area contributed by atoms with Gasteiger partial charge in [0.05, 0.1) is 5.70 Å². The van der Waals surface area contributed by atoms with Crippen LogP contribution in [-0.2, 0) is 7.05 Å². The summed E-state index contributed by atoms with van der Waals surface area (Å²) in [4.78, 5) is 0. The number of aromatic nitrogens is 1. The van der Waals surface area contributed by atoms with E-state index in [4.69, 9.17) is 0 Å². The third-order valence-electron chi connectivity index (χ3n) is 2.31. The molecule has 1 heterocycles. The van der Waals surface area contributed by atoms with E-state index in [0.717, 1.165) is 5.49 Å². The fourth-order valence-corrected chi connectivity index (χ4v) is 1.25. The van der Waals surface area contributed by atoms with E-state index < -0.39 is 0 Å². The third kappa shape index (κ3) is 6.81. The highest BCUT2D eigenvalue weighted by atomic mass is 15.3. The lowest BCUT2D eigenvalue weighted by Crippen LogP contribution is -2.15. The average molecular weight is 284 g/mol. The molecule has 0 radical (unpaired) electrons. The summed E-state index contributed by atoms with van der Waals surface area (Å²) in [5, 5.41) is 18.9. The second-order valence-electron chi connectivity index (χ2n) is 4.12. The van der Waals surface area contributed by atoms with Crippen LogP contribution in [-0.4, -0.2) is 17.5 Å². The highest BCUT2D eigenvalue weighted by Gasteiger charge is 1.87. The molecule has 1 aromatic heterocycles. The van der Waals surface area contributed by atoms with Gasteiger partial charge in [-0.25, -0.2) is 0 Å². The van der Waals surface area contributed by atoms with E-state index in [0.29, 0.717) is 11.5 Å². The standard InChI is InChI=1S/C15H20N6/c1-13(9-5-7-11-16-3)17-18-14(2)19-20-15-10-6-8-12-21(15)4/h5-12,16H,1H2,2-4H3/b9-5-,11-7-,18-17+,19-14+,20-15+. The first-order valence-corrected chi connectivity index (χ1v) is 6.44. The van der Waals surface area contributed by atoms with Gasteiger partial charge in [-0.2, -0.15) is 0 Å². The van der Waals surface area contributed by atoms with E-state index in [9.17, 15) is 0 Å². The molecule has 0 saturated heterocycles. The molecule has 0 aliphatic heterocycles. The zero-order valence-corrected chi connectivity index (χ0v) is 12.6. The largest absolute Gasteiger partial charge is 0.394 e. The van der Waals surface area contributed by atoms with Gasteiger partial charge in [-0.05, 0) is 37.4 Å². The van der Waals surface area contributed by atoms with Crippen LogP contribution in [0.1, 0.15) is 6.92 Å². The van der Waals surface area contributed by atoms with Crippen LogP contribution in [0, 0.1) is 0 Å². The molecule has 0 saturated carbocycles. The summed E-state index contributed by atoms with van der Waals surface area (Å²) < 4.78 is 1.86. The third-order valence-corrected chi connectivity index (χ3v) is 2.31. The van der Waals surface area contributed by atoms with Crippen LogP contribution in [0.5, 0.6) is 0 Å². The van der Waals surface area contributed by atoms with Crippen molar-refractivity contribution in [3.05, 3.63) is 66.6 Å². The molecule has 1 N–H and O–H groups in total. The Bertz CT molecular complexity index is 646. The molecular formula is C15H20N6. The van der Waals surface area contributed by atoms with Gasteiger partial charge < -0.3 is 9.88 Å². The number of aryl methyl sites for hydroxylation is 1. The lowest BCUT2D eigenvalue weighted by molar-refractivity contribution is 0.815. The molecule has 0 fully saturated rings. The summed E-state index contributed by atoms with van der Waals surface area (Å²) in [6.07, 6.45) is 9.10. The Kier molecular flexibility index (Phi) is 7.13. The molecule has 0 atom stereocenters. The average Bonchev–Trinajstić information content (AvgIpc) is 2.48. The predicted octanol–water partition coefficient (Wildman–Crippen LogP) is 2.51. The smallest absolute Gasteiger partial charge is 0.170 e. The summed E-state index contributed by atoms with van der Waals surface area (Å²) in [5.74, 6) is 0.458. The fraction of sp³-hybridized carbons (Fsp3) is 0.200. The molecular weight excluding hydrogens is 264 g/mol. The Morgan fingerprint density at radius 3 is 2.81 bits per heavy atom. The monoisotopic (exact) mass is 284 g/mol. The van der Waals surface area contributed by atoms with Gasteiger partial charge in [0.2, 0.25) is 0 Å². The van der Waals surface area contributed by atoms with E-state index in [2.05, 4.69) is 32.3 Å². The second kappa shape index (κ2) is 9.19. The van der Waals surface area contributed by atoms with Crippen molar-refractivity contribution >= 4 is 5.84 Å². The summed E-state index contributed by atoms with van der Waals surface area (Å²) in [6, 6.07) is 5.69. The SMILES string of the molecule is C=C(/C=C\C=C/NC)/N=N/C(C)=N/N=c1\ccccn1C. The lowest BCUT2D eigenvalue weighted by Gasteiger charge is -1.95. The van der Waals surface area contributed by atoms with Crippen LogP contribution in [0.25, 0.3) is 0 Å². The van der Waals surface area contributed by atoms with Crippen LogP contribution < -0.4 is 10.8 Å². The van der Waals surface area contributed by atoms with Crippen molar-refractivity contribution in [2.75, 3.05) is 7.05 Å². The van der Waals surface area contributed by atoms with Gasteiger partial charge in [-0.1, -0.05) is 18.7 Å². The summed E-state index contributed by atoms with van der Waals surface area (Å²) in [7, 11) is 3.73. The Morgan fingerprint density at radius 1 is 1.29 bits per heavy atom. The molecule has 21 heavy (non-hydrogen) atoms. The normalized spacial score (nSPS) is 13.7. The molecule has 6 heteroatoms. The summed E-state index contributed by atoms with van der Waals surface area (Å²) in [5.41, 5.74) is 1.28. The number of amidine groups is 1. The molecule has 0 aromatic carbocycles. The van der Waals surface area contributed by atoms with Crippen molar-refractivity contribution < 1.29 is 0 Å². The first-order chi connectivity index (χ1) is 10.1. The molecule has 1 rings (SSSR count). The Labute approximate surface area is 124 Å². The van der Waals surface area contributed by atoms with Gasteiger partial charge in [-0.3, -0.25) is 0 Å². The molecule has 1 aromatic rings. The Morgan fingerprint density at radius 2 is 2.10 bits per heavy atom. The lowest BCUT2D eigenvalue weighted by atomic mass is 10.4. The van der Waals surface area contributed by atoms with Gasteiger partial charge in [0.25, 0.3) is 0 Å². The first kappa shape index (κ1) is 16.3. The maximum Gasteiger partial charge on any atom is 0.170 e.